The molecule has 1 amide bonds. The predicted molar refractivity (Wildman–Crippen MR) is 72.0 cm³/mol. The summed E-state index contributed by atoms with van der Waals surface area (Å²) >= 11 is 0. The van der Waals surface area contributed by atoms with E-state index in [-0.39, 0.29) is 17.9 Å². The summed E-state index contributed by atoms with van der Waals surface area (Å²) in [6.45, 7) is 5.10. The smallest absolute Gasteiger partial charge is 0.223 e. The molecule has 2 atom stereocenters. The summed E-state index contributed by atoms with van der Waals surface area (Å²) in [5.41, 5.74) is -0.0156. The zero-order valence-electron chi connectivity index (χ0n) is 11.7. The Labute approximate surface area is 110 Å². The molecule has 0 aromatic heterocycles. The van der Waals surface area contributed by atoms with Crippen molar-refractivity contribution in [2.24, 2.45) is 23.2 Å². The molecule has 0 aromatic rings. The molecule has 3 heteroatoms. The van der Waals surface area contributed by atoms with Crippen molar-refractivity contribution < 1.29 is 9.90 Å². The summed E-state index contributed by atoms with van der Waals surface area (Å²) in [7, 11) is 0. The van der Waals surface area contributed by atoms with E-state index in [1.54, 1.807) is 0 Å². The largest absolute Gasteiger partial charge is 0.396 e. The van der Waals surface area contributed by atoms with Crippen LogP contribution in [0.5, 0.6) is 0 Å². The lowest BCUT2D eigenvalue weighted by molar-refractivity contribution is -0.122. The minimum absolute atomic E-state index is 0.0156. The van der Waals surface area contributed by atoms with Gasteiger partial charge in [-0.2, -0.15) is 0 Å². The number of rotatable bonds is 6. The highest BCUT2D eigenvalue weighted by Gasteiger charge is 2.54. The summed E-state index contributed by atoms with van der Waals surface area (Å²) in [5.74, 6) is 2.02. The molecule has 2 N–H and O–H groups in total. The molecule has 0 aliphatic heterocycles. The Kier molecular flexibility index (Phi) is 4.31. The Morgan fingerprint density at radius 3 is 2.44 bits per heavy atom. The molecule has 2 unspecified atom stereocenters. The van der Waals surface area contributed by atoms with Crippen LogP contribution in [0, 0.1) is 23.2 Å². The average Bonchev–Trinajstić information content (AvgIpc) is 3.09. The number of hydrogen-bond acceptors (Lipinski definition) is 2. The van der Waals surface area contributed by atoms with Crippen molar-refractivity contribution in [3.8, 4) is 0 Å². The molecular formula is C15H27NO2. The fraction of sp³-hybridized carbons (Fsp3) is 0.933. The molecule has 0 spiro atoms. The van der Waals surface area contributed by atoms with Crippen LogP contribution in [-0.4, -0.2) is 24.2 Å². The van der Waals surface area contributed by atoms with Crippen molar-refractivity contribution in [2.45, 2.75) is 52.4 Å². The van der Waals surface area contributed by atoms with Gasteiger partial charge in [0.25, 0.3) is 0 Å². The van der Waals surface area contributed by atoms with E-state index in [4.69, 9.17) is 5.11 Å². The van der Waals surface area contributed by atoms with E-state index < -0.39 is 0 Å². The Balaban J connectivity index is 1.61. The number of nitrogens with one attached hydrogen (secondary N) is 1. The van der Waals surface area contributed by atoms with Gasteiger partial charge in [0.2, 0.25) is 5.91 Å². The van der Waals surface area contributed by atoms with Gasteiger partial charge in [-0.25, -0.2) is 0 Å². The second-order valence-electron chi connectivity index (χ2n) is 6.85. The van der Waals surface area contributed by atoms with Gasteiger partial charge in [0.15, 0.2) is 0 Å². The number of fused-ring (bicyclic) bond motifs is 1. The van der Waals surface area contributed by atoms with E-state index in [9.17, 15) is 4.79 Å². The highest BCUT2D eigenvalue weighted by atomic mass is 16.3. The third kappa shape index (κ3) is 3.25. The van der Waals surface area contributed by atoms with E-state index >= 15 is 0 Å². The van der Waals surface area contributed by atoms with Crippen LogP contribution in [0.3, 0.4) is 0 Å². The van der Waals surface area contributed by atoms with Crippen molar-refractivity contribution in [1.82, 2.24) is 5.32 Å². The van der Waals surface area contributed by atoms with Gasteiger partial charge in [-0.05, 0) is 42.9 Å². The van der Waals surface area contributed by atoms with Gasteiger partial charge in [-0.3, -0.25) is 4.79 Å². The zero-order chi connectivity index (χ0) is 13.2. The Hall–Kier alpha value is -0.570. The summed E-state index contributed by atoms with van der Waals surface area (Å²) < 4.78 is 0. The maximum absolute atomic E-state index is 12.0. The average molecular weight is 253 g/mol. The molecule has 0 aromatic carbocycles. The second-order valence-corrected chi connectivity index (χ2v) is 6.85. The van der Waals surface area contributed by atoms with Gasteiger partial charge >= 0.3 is 0 Å². The first-order chi connectivity index (χ1) is 8.55. The Morgan fingerprint density at radius 2 is 1.89 bits per heavy atom. The molecule has 3 nitrogen and oxygen atoms in total. The number of amides is 1. The minimum Gasteiger partial charge on any atom is -0.396 e. The highest BCUT2D eigenvalue weighted by Crippen LogP contribution is 2.55. The molecule has 0 saturated heterocycles. The Morgan fingerprint density at radius 1 is 1.28 bits per heavy atom. The van der Waals surface area contributed by atoms with E-state index in [0.717, 1.165) is 19.4 Å². The van der Waals surface area contributed by atoms with Crippen LogP contribution in [0.2, 0.25) is 0 Å². The molecule has 2 fully saturated rings. The van der Waals surface area contributed by atoms with Crippen molar-refractivity contribution in [2.75, 3.05) is 13.2 Å². The number of aliphatic hydroxyl groups excluding tert-OH is 1. The quantitative estimate of drug-likeness (QED) is 0.714. The van der Waals surface area contributed by atoms with Crippen molar-refractivity contribution >= 4 is 5.91 Å². The molecule has 0 radical (unpaired) electrons. The fourth-order valence-corrected chi connectivity index (χ4v) is 3.36. The SMILES string of the molecule is CC(C)(CO)CCCNC(=O)C1C2CCCCC21. The lowest BCUT2D eigenvalue weighted by Crippen LogP contribution is -2.28. The first kappa shape index (κ1) is 13.9. The van der Waals surface area contributed by atoms with Crippen molar-refractivity contribution in [1.29, 1.82) is 0 Å². The van der Waals surface area contributed by atoms with Crippen LogP contribution in [0.1, 0.15) is 52.4 Å². The topological polar surface area (TPSA) is 49.3 Å². The van der Waals surface area contributed by atoms with Crippen LogP contribution in [0.4, 0.5) is 0 Å². The molecule has 2 rings (SSSR count). The standard InChI is InChI=1S/C15H27NO2/c1-15(2,10-17)8-5-9-16-14(18)13-11-6-3-4-7-12(11)13/h11-13,17H,3-10H2,1-2H3,(H,16,18). The number of carbonyl (C=O) groups is 1. The van der Waals surface area contributed by atoms with Gasteiger partial charge in [0.05, 0.1) is 0 Å². The molecule has 0 bridgehead atoms. The highest BCUT2D eigenvalue weighted by molar-refractivity contribution is 5.82. The first-order valence-electron chi connectivity index (χ1n) is 7.44. The van der Waals surface area contributed by atoms with E-state index in [2.05, 4.69) is 19.2 Å². The maximum atomic E-state index is 12.0. The molecule has 2 saturated carbocycles. The van der Waals surface area contributed by atoms with Gasteiger partial charge in [0.1, 0.15) is 0 Å². The third-order valence-electron chi connectivity index (χ3n) is 4.72. The maximum Gasteiger partial charge on any atom is 0.223 e. The van der Waals surface area contributed by atoms with Crippen LogP contribution in [0.15, 0.2) is 0 Å². The summed E-state index contributed by atoms with van der Waals surface area (Å²) in [6, 6.07) is 0. The lowest BCUT2D eigenvalue weighted by Gasteiger charge is -2.21. The van der Waals surface area contributed by atoms with Crippen LogP contribution < -0.4 is 5.32 Å². The van der Waals surface area contributed by atoms with Gasteiger partial charge < -0.3 is 10.4 Å². The lowest BCUT2D eigenvalue weighted by atomic mass is 9.89. The molecule has 0 heterocycles. The van der Waals surface area contributed by atoms with Crippen LogP contribution in [-0.2, 0) is 4.79 Å². The summed E-state index contributed by atoms with van der Waals surface area (Å²) in [5, 5.41) is 12.2. The van der Waals surface area contributed by atoms with E-state index in [1.807, 2.05) is 0 Å². The predicted octanol–water partition coefficient (Wildman–Crippen LogP) is 2.34. The van der Waals surface area contributed by atoms with Gasteiger partial charge in [-0.1, -0.05) is 26.7 Å². The Bertz CT molecular complexity index is 289. The third-order valence-corrected chi connectivity index (χ3v) is 4.72. The van der Waals surface area contributed by atoms with Crippen LogP contribution >= 0.6 is 0 Å². The monoisotopic (exact) mass is 253 g/mol. The number of carbonyl (C=O) groups excluding carboxylic acids is 1. The van der Waals surface area contributed by atoms with E-state index in [1.165, 1.54) is 25.7 Å². The van der Waals surface area contributed by atoms with E-state index in [0.29, 0.717) is 17.8 Å². The van der Waals surface area contributed by atoms with Gasteiger partial charge in [-0.15, -0.1) is 0 Å². The first-order valence-corrected chi connectivity index (χ1v) is 7.44. The van der Waals surface area contributed by atoms with Crippen molar-refractivity contribution in [3.05, 3.63) is 0 Å². The molecule has 104 valence electrons. The number of aliphatic hydroxyl groups is 1. The van der Waals surface area contributed by atoms with Crippen LogP contribution in [0.25, 0.3) is 0 Å². The second kappa shape index (κ2) is 5.60. The summed E-state index contributed by atoms with van der Waals surface area (Å²) in [4.78, 5) is 12.0. The molecule has 18 heavy (non-hydrogen) atoms. The minimum atomic E-state index is -0.0156. The molecular weight excluding hydrogens is 226 g/mol. The summed E-state index contributed by atoms with van der Waals surface area (Å²) in [6.07, 6.45) is 7.08. The number of hydrogen-bond donors (Lipinski definition) is 2. The zero-order valence-corrected chi connectivity index (χ0v) is 11.7. The van der Waals surface area contributed by atoms with Crippen molar-refractivity contribution in [3.63, 3.8) is 0 Å². The molecule has 2 aliphatic carbocycles. The molecule has 2 aliphatic rings. The fourth-order valence-electron chi connectivity index (χ4n) is 3.36. The van der Waals surface area contributed by atoms with Gasteiger partial charge in [0, 0.05) is 19.1 Å². The normalized spacial score (nSPS) is 30.7.